The normalized spacial score (nSPS) is 15.4. The summed E-state index contributed by atoms with van der Waals surface area (Å²) in [5.74, 6) is -0.832. The molecule has 0 radical (unpaired) electrons. The summed E-state index contributed by atoms with van der Waals surface area (Å²) in [5, 5.41) is 12.0. The van der Waals surface area contributed by atoms with Gasteiger partial charge in [0.25, 0.3) is 5.91 Å². The molecule has 2 aromatic rings. The van der Waals surface area contributed by atoms with Crippen molar-refractivity contribution in [1.29, 1.82) is 0 Å². The van der Waals surface area contributed by atoms with E-state index >= 15 is 0 Å². The molecule has 27 heavy (non-hydrogen) atoms. The first-order valence-corrected chi connectivity index (χ1v) is 8.72. The lowest BCUT2D eigenvalue weighted by Crippen LogP contribution is -2.31. The number of nitrogens with one attached hydrogen (secondary N) is 2. The molecule has 0 unspecified atom stereocenters. The topological polar surface area (TPSA) is 112 Å². The maximum absolute atomic E-state index is 12.5. The average molecular weight is 368 g/mol. The van der Waals surface area contributed by atoms with Gasteiger partial charge in [0, 0.05) is 18.4 Å². The summed E-state index contributed by atoms with van der Waals surface area (Å²) in [6, 6.07) is 10.9. The number of urea groups is 1. The van der Waals surface area contributed by atoms with Gasteiger partial charge < -0.3 is 5.32 Å². The van der Waals surface area contributed by atoms with E-state index in [0.29, 0.717) is 25.0 Å². The number of unbranched alkanes of at least 4 members (excludes halogenated alkanes) is 2. The maximum atomic E-state index is 12.5. The smallest absolute Gasteiger partial charge is 0.303 e. The van der Waals surface area contributed by atoms with Crippen molar-refractivity contribution in [3.63, 3.8) is 0 Å². The SMILES string of the molecule is O=C(CCCCCN1C(=O)NC(=Cc2ccc3ccccc3n2)C1=O)NO. The number of hydrogen-bond donors (Lipinski definition) is 3. The Bertz CT molecular complexity index is 909. The van der Waals surface area contributed by atoms with E-state index in [1.54, 1.807) is 17.6 Å². The predicted molar refractivity (Wildman–Crippen MR) is 98.4 cm³/mol. The molecule has 3 N–H and O–H groups in total. The van der Waals surface area contributed by atoms with Crippen molar-refractivity contribution in [2.24, 2.45) is 0 Å². The maximum Gasteiger partial charge on any atom is 0.329 e. The van der Waals surface area contributed by atoms with Crippen molar-refractivity contribution in [3.05, 3.63) is 47.8 Å². The molecule has 0 saturated carbocycles. The molecule has 4 amide bonds. The molecule has 1 aliphatic rings. The van der Waals surface area contributed by atoms with Crippen LogP contribution in [-0.4, -0.2) is 39.5 Å². The quantitative estimate of drug-likeness (QED) is 0.228. The van der Waals surface area contributed by atoms with E-state index in [1.165, 1.54) is 0 Å². The number of hydrogen-bond acceptors (Lipinski definition) is 5. The number of rotatable bonds is 7. The number of nitrogens with zero attached hydrogens (tertiary/aromatic N) is 2. The van der Waals surface area contributed by atoms with Crippen LogP contribution in [0.15, 0.2) is 42.1 Å². The fourth-order valence-corrected chi connectivity index (χ4v) is 2.87. The van der Waals surface area contributed by atoms with Gasteiger partial charge in [-0.2, -0.15) is 0 Å². The number of imide groups is 1. The summed E-state index contributed by atoms with van der Waals surface area (Å²) < 4.78 is 0. The second kappa shape index (κ2) is 8.41. The van der Waals surface area contributed by atoms with Crippen molar-refractivity contribution < 1.29 is 19.6 Å². The molecular formula is C19H20N4O4. The first-order chi connectivity index (χ1) is 13.1. The molecule has 0 atom stereocenters. The van der Waals surface area contributed by atoms with Crippen LogP contribution in [0.1, 0.15) is 31.4 Å². The lowest BCUT2D eigenvalue weighted by Gasteiger charge is -2.11. The Balaban J connectivity index is 1.61. The Labute approximate surface area is 155 Å². The lowest BCUT2D eigenvalue weighted by molar-refractivity contribution is -0.129. The Hall–Kier alpha value is -3.26. The van der Waals surface area contributed by atoms with Gasteiger partial charge in [-0.3, -0.25) is 19.7 Å². The highest BCUT2D eigenvalue weighted by Crippen LogP contribution is 2.17. The molecule has 140 valence electrons. The lowest BCUT2D eigenvalue weighted by atomic mass is 10.2. The fraction of sp³-hybridized carbons (Fsp3) is 0.263. The zero-order valence-corrected chi connectivity index (χ0v) is 14.6. The highest BCUT2D eigenvalue weighted by Gasteiger charge is 2.32. The minimum Gasteiger partial charge on any atom is -0.303 e. The molecule has 1 aromatic carbocycles. The Morgan fingerprint density at radius 1 is 1.15 bits per heavy atom. The van der Waals surface area contributed by atoms with Crippen LogP contribution in [0.2, 0.25) is 0 Å². The molecule has 0 aliphatic carbocycles. The van der Waals surface area contributed by atoms with E-state index in [9.17, 15) is 14.4 Å². The first-order valence-electron chi connectivity index (χ1n) is 8.72. The summed E-state index contributed by atoms with van der Waals surface area (Å²) in [5.41, 5.74) is 3.17. The number of hydroxylamine groups is 1. The van der Waals surface area contributed by atoms with Gasteiger partial charge in [-0.25, -0.2) is 15.3 Å². The van der Waals surface area contributed by atoms with Crippen molar-refractivity contribution in [2.45, 2.75) is 25.7 Å². The number of para-hydroxylation sites is 1. The van der Waals surface area contributed by atoms with Crippen molar-refractivity contribution >= 4 is 34.8 Å². The number of benzene rings is 1. The third-order valence-corrected chi connectivity index (χ3v) is 4.28. The van der Waals surface area contributed by atoms with Gasteiger partial charge >= 0.3 is 6.03 Å². The van der Waals surface area contributed by atoms with Crippen molar-refractivity contribution in [3.8, 4) is 0 Å². The van der Waals surface area contributed by atoms with Crippen LogP contribution in [0.3, 0.4) is 0 Å². The van der Waals surface area contributed by atoms with Crippen LogP contribution in [0.25, 0.3) is 17.0 Å². The first kappa shape index (κ1) is 18.5. The van der Waals surface area contributed by atoms with E-state index in [2.05, 4.69) is 10.3 Å². The van der Waals surface area contributed by atoms with Gasteiger partial charge in [0.1, 0.15) is 5.70 Å². The monoisotopic (exact) mass is 368 g/mol. The van der Waals surface area contributed by atoms with Gasteiger partial charge in [-0.1, -0.05) is 30.7 Å². The van der Waals surface area contributed by atoms with Crippen molar-refractivity contribution in [1.82, 2.24) is 20.7 Å². The third-order valence-electron chi connectivity index (χ3n) is 4.28. The number of carbonyl (C=O) groups excluding carboxylic acids is 3. The molecule has 1 saturated heterocycles. The zero-order chi connectivity index (χ0) is 19.2. The van der Waals surface area contributed by atoms with E-state index in [1.807, 2.05) is 30.3 Å². The molecule has 0 spiro atoms. The Morgan fingerprint density at radius 2 is 1.96 bits per heavy atom. The van der Waals surface area contributed by atoms with Gasteiger partial charge in [0.05, 0.1) is 11.2 Å². The fourth-order valence-electron chi connectivity index (χ4n) is 2.87. The zero-order valence-electron chi connectivity index (χ0n) is 14.6. The molecule has 2 heterocycles. The molecule has 1 aliphatic heterocycles. The van der Waals surface area contributed by atoms with E-state index in [0.717, 1.165) is 15.8 Å². The van der Waals surface area contributed by atoms with Crippen LogP contribution >= 0.6 is 0 Å². The van der Waals surface area contributed by atoms with Crippen LogP contribution in [-0.2, 0) is 9.59 Å². The average Bonchev–Trinajstić information content (AvgIpc) is 2.94. The Morgan fingerprint density at radius 3 is 2.78 bits per heavy atom. The highest BCUT2D eigenvalue weighted by molar-refractivity contribution is 6.13. The predicted octanol–water partition coefficient (Wildman–Crippen LogP) is 2.19. The number of pyridine rings is 1. The molecule has 3 rings (SSSR count). The minimum atomic E-state index is -0.458. The van der Waals surface area contributed by atoms with Gasteiger partial charge in [0.15, 0.2) is 0 Å². The van der Waals surface area contributed by atoms with Gasteiger partial charge in [-0.05, 0) is 31.1 Å². The molecular weight excluding hydrogens is 348 g/mol. The number of fused-ring (bicyclic) bond motifs is 1. The van der Waals surface area contributed by atoms with Crippen molar-refractivity contribution in [2.75, 3.05) is 6.54 Å². The Kier molecular flexibility index (Phi) is 5.77. The molecule has 8 nitrogen and oxygen atoms in total. The van der Waals surface area contributed by atoms with Crippen LogP contribution in [0, 0.1) is 0 Å². The molecule has 1 aromatic heterocycles. The van der Waals surface area contributed by atoms with E-state index in [4.69, 9.17) is 5.21 Å². The van der Waals surface area contributed by atoms with Crippen LogP contribution in [0.5, 0.6) is 0 Å². The molecule has 1 fully saturated rings. The van der Waals surface area contributed by atoms with E-state index in [-0.39, 0.29) is 24.6 Å². The highest BCUT2D eigenvalue weighted by atomic mass is 16.5. The summed E-state index contributed by atoms with van der Waals surface area (Å²) in [6.07, 6.45) is 3.59. The standard InChI is InChI=1S/C19H20N4O4/c24-17(22-27)8-2-1-5-11-23-18(25)16(21-19(23)26)12-14-10-9-13-6-3-4-7-15(13)20-14/h3-4,6-7,9-10,12,27H,1-2,5,8,11H2,(H,21,26)(H,22,24). The summed E-state index contributed by atoms with van der Waals surface area (Å²) in [4.78, 5) is 41.1. The summed E-state index contributed by atoms with van der Waals surface area (Å²) in [7, 11) is 0. The van der Waals surface area contributed by atoms with Crippen LogP contribution < -0.4 is 10.8 Å². The van der Waals surface area contributed by atoms with Gasteiger partial charge in [-0.15, -0.1) is 0 Å². The van der Waals surface area contributed by atoms with E-state index < -0.39 is 11.9 Å². The second-order valence-corrected chi connectivity index (χ2v) is 6.22. The number of aromatic nitrogens is 1. The molecule has 0 bridgehead atoms. The second-order valence-electron chi connectivity index (χ2n) is 6.22. The largest absolute Gasteiger partial charge is 0.329 e. The van der Waals surface area contributed by atoms with Crippen LogP contribution in [0.4, 0.5) is 4.79 Å². The number of carbonyl (C=O) groups is 3. The summed E-state index contributed by atoms with van der Waals surface area (Å²) in [6.45, 7) is 0.272. The minimum absolute atomic E-state index is 0.197. The van der Waals surface area contributed by atoms with Gasteiger partial charge in [0.2, 0.25) is 5.91 Å². The molecule has 8 heteroatoms. The number of amides is 4. The third kappa shape index (κ3) is 4.48. The summed E-state index contributed by atoms with van der Waals surface area (Å²) >= 11 is 0.